The zero-order chi connectivity index (χ0) is 10.2. The van der Waals surface area contributed by atoms with Crippen molar-refractivity contribution in [3.63, 3.8) is 0 Å². The Morgan fingerprint density at radius 3 is 2.07 bits per heavy atom. The number of benzene rings is 2. The van der Waals surface area contributed by atoms with Crippen molar-refractivity contribution in [2.75, 3.05) is 0 Å². The molecule has 0 nitrogen and oxygen atoms in total. The van der Waals surface area contributed by atoms with E-state index < -0.39 is 0 Å². The molecule has 74 valence electrons. The van der Waals surface area contributed by atoms with Gasteiger partial charge in [0.25, 0.3) is 0 Å². The fourth-order valence-electron chi connectivity index (χ4n) is 1.19. The molecule has 0 amide bonds. The van der Waals surface area contributed by atoms with E-state index >= 15 is 0 Å². The third kappa shape index (κ3) is 3.27. The van der Waals surface area contributed by atoms with Crippen LogP contribution in [0.5, 0.6) is 0 Å². The molecule has 0 atom stereocenters. The van der Waals surface area contributed by atoms with Crippen molar-refractivity contribution in [1.29, 1.82) is 0 Å². The maximum Gasteiger partial charge on any atom is -0.0638 e. The molecule has 0 heterocycles. The Hall–Kier alpha value is -0.608. The average molecular weight is 295 g/mol. The van der Waals surface area contributed by atoms with Gasteiger partial charge in [0.1, 0.15) is 0 Å². The Kier molecular flexibility index (Phi) is 5.56. The Morgan fingerprint density at radius 2 is 1.50 bits per heavy atom. The molecule has 0 aromatic heterocycles. The number of rotatable bonds is 1. The molecule has 0 saturated heterocycles. The molecule has 2 heteroatoms. The van der Waals surface area contributed by atoms with Crippen LogP contribution in [0.1, 0.15) is 0 Å². The molecular weight excluding hydrogens is 286 g/mol. The van der Waals surface area contributed by atoms with Gasteiger partial charge in [0.2, 0.25) is 0 Å². The van der Waals surface area contributed by atoms with Crippen LogP contribution in [0.25, 0.3) is 11.1 Å². The van der Waals surface area contributed by atoms with Gasteiger partial charge in [0, 0.05) is 0 Å². The van der Waals surface area contributed by atoms with E-state index in [1.165, 1.54) is 5.56 Å². The van der Waals surface area contributed by atoms with Gasteiger partial charge in [-0.05, 0) is 0 Å². The first-order valence-corrected chi connectivity index (χ1v) is 6.11. The van der Waals surface area contributed by atoms with Crippen molar-refractivity contribution in [3.05, 3.63) is 60.7 Å². The molecule has 0 saturated carbocycles. The van der Waals surface area contributed by atoms with Crippen molar-refractivity contribution >= 4 is 9.53 Å². The average Bonchev–Trinajstić information content (AvgIpc) is 2.34. The summed E-state index contributed by atoms with van der Waals surface area (Å²) < 4.78 is 0. The van der Waals surface area contributed by atoms with E-state index in [2.05, 4.69) is 52.0 Å². The molecule has 0 aliphatic carbocycles. The fourth-order valence-corrected chi connectivity index (χ4v) is 1.19. The standard InChI is InChI=1S/C12H9.ClH.Pd/c1-3-7-11(8-4-1)12-9-5-2-6-10-12;;/h1-9H;1H;/q-1;;+2/p-1. The SMILES string of the molecule is [Cl][Pd+].[c-]1ccccc1-c1ccccc1. The van der Waals surface area contributed by atoms with E-state index in [9.17, 15) is 0 Å². The van der Waals surface area contributed by atoms with E-state index in [1.54, 1.807) is 0 Å². The van der Waals surface area contributed by atoms with E-state index in [0.717, 1.165) is 5.56 Å². The molecule has 0 N–H and O–H groups in total. The van der Waals surface area contributed by atoms with Crippen molar-refractivity contribution in [3.8, 4) is 11.1 Å². The van der Waals surface area contributed by atoms with Crippen LogP contribution in [0.4, 0.5) is 0 Å². The molecule has 0 aliphatic heterocycles. The van der Waals surface area contributed by atoms with Gasteiger partial charge in [-0.2, -0.15) is 0 Å². The fraction of sp³-hybridized carbons (Fsp3) is 0. The van der Waals surface area contributed by atoms with Gasteiger partial charge in [0.15, 0.2) is 0 Å². The van der Waals surface area contributed by atoms with Gasteiger partial charge in [-0.25, -0.2) is 0 Å². The van der Waals surface area contributed by atoms with Crippen molar-refractivity contribution in [2.45, 2.75) is 0 Å². The molecule has 0 spiro atoms. The second kappa shape index (κ2) is 6.79. The number of hydrogen-bond donors (Lipinski definition) is 0. The minimum absolute atomic E-state index is 1.15. The van der Waals surface area contributed by atoms with Crippen LogP contribution in [-0.2, 0) is 18.2 Å². The Bertz CT molecular complexity index is 308. The second-order valence-corrected chi connectivity index (χ2v) is 2.64. The zero-order valence-electron chi connectivity index (χ0n) is 7.39. The van der Waals surface area contributed by atoms with Crippen LogP contribution >= 0.6 is 9.53 Å². The minimum Gasteiger partial charge on any atom is -0.147 e. The topological polar surface area (TPSA) is 0 Å². The van der Waals surface area contributed by atoms with Crippen molar-refractivity contribution in [1.82, 2.24) is 0 Å². The van der Waals surface area contributed by atoms with Gasteiger partial charge < -0.3 is 0 Å². The van der Waals surface area contributed by atoms with Crippen LogP contribution in [0.15, 0.2) is 54.6 Å². The summed E-state index contributed by atoms with van der Waals surface area (Å²) in [6.07, 6.45) is 0. The molecule has 0 radical (unpaired) electrons. The Morgan fingerprint density at radius 1 is 0.857 bits per heavy atom. The summed E-state index contributed by atoms with van der Waals surface area (Å²) in [6.45, 7) is 0. The summed E-state index contributed by atoms with van der Waals surface area (Å²) in [5.41, 5.74) is 2.37. The normalized spacial score (nSPS) is 8.79. The van der Waals surface area contributed by atoms with Gasteiger partial charge in [-0.3, -0.25) is 0 Å². The zero-order valence-corrected chi connectivity index (χ0v) is 9.70. The smallest absolute Gasteiger partial charge is 0.0638 e. The van der Waals surface area contributed by atoms with E-state index in [-0.39, 0.29) is 0 Å². The molecule has 0 bridgehead atoms. The van der Waals surface area contributed by atoms with Crippen LogP contribution in [0.2, 0.25) is 0 Å². The molecule has 2 aromatic rings. The van der Waals surface area contributed by atoms with Crippen molar-refractivity contribution in [2.24, 2.45) is 0 Å². The van der Waals surface area contributed by atoms with E-state index in [0.29, 0.717) is 0 Å². The number of halogens is 1. The predicted molar refractivity (Wildman–Crippen MR) is 56.6 cm³/mol. The summed E-state index contributed by atoms with van der Waals surface area (Å²) in [4.78, 5) is 0. The van der Waals surface area contributed by atoms with Gasteiger partial charge in [0.05, 0.1) is 0 Å². The molecular formula is C12H9ClPd. The predicted octanol–water partition coefficient (Wildman–Crippen LogP) is 3.84. The van der Waals surface area contributed by atoms with Gasteiger partial charge in [-0.15, -0.1) is 35.9 Å². The minimum atomic E-state index is 1.15. The van der Waals surface area contributed by atoms with Crippen LogP contribution < -0.4 is 0 Å². The monoisotopic (exact) mass is 294 g/mol. The molecule has 2 aromatic carbocycles. The molecule has 0 aliphatic rings. The number of hydrogen-bond acceptors (Lipinski definition) is 0. The quantitative estimate of drug-likeness (QED) is 0.554. The first-order valence-electron chi connectivity index (χ1n) is 4.11. The van der Waals surface area contributed by atoms with Crippen LogP contribution in [0.3, 0.4) is 0 Å². The first-order chi connectivity index (χ1) is 6.97. The Balaban J connectivity index is 0.000000461. The molecule has 0 fully saturated rings. The molecule has 0 unspecified atom stereocenters. The summed E-state index contributed by atoms with van der Waals surface area (Å²) in [5, 5.41) is 0. The maximum atomic E-state index is 4.49. The van der Waals surface area contributed by atoms with E-state index in [1.807, 2.05) is 36.4 Å². The largest absolute Gasteiger partial charge is 0.147 e. The summed E-state index contributed by atoms with van der Waals surface area (Å²) in [7, 11) is 4.49. The summed E-state index contributed by atoms with van der Waals surface area (Å²) in [6, 6.07) is 21.5. The third-order valence-corrected chi connectivity index (χ3v) is 1.79. The Labute approximate surface area is 99.3 Å². The third-order valence-electron chi connectivity index (χ3n) is 1.79. The molecule has 2 rings (SSSR count). The van der Waals surface area contributed by atoms with Crippen molar-refractivity contribution < 1.29 is 18.2 Å². The molecule has 14 heavy (non-hydrogen) atoms. The van der Waals surface area contributed by atoms with Crippen LogP contribution in [-0.4, -0.2) is 0 Å². The first kappa shape index (κ1) is 11.5. The summed E-state index contributed by atoms with van der Waals surface area (Å²) in [5.74, 6) is 0. The second-order valence-electron chi connectivity index (χ2n) is 2.64. The van der Waals surface area contributed by atoms with Crippen LogP contribution in [0, 0.1) is 6.07 Å². The van der Waals surface area contributed by atoms with Gasteiger partial charge >= 0.3 is 27.7 Å². The van der Waals surface area contributed by atoms with E-state index in [4.69, 9.17) is 0 Å². The summed E-state index contributed by atoms with van der Waals surface area (Å²) >= 11 is 2.22. The van der Waals surface area contributed by atoms with Gasteiger partial charge in [-0.1, -0.05) is 35.9 Å². The maximum absolute atomic E-state index is 4.49.